The molecule has 0 unspecified atom stereocenters. The summed E-state index contributed by atoms with van der Waals surface area (Å²) in [6.07, 6.45) is 0.182. The number of hydrogen-bond acceptors (Lipinski definition) is 3. The summed E-state index contributed by atoms with van der Waals surface area (Å²) in [6, 6.07) is 14.6. The summed E-state index contributed by atoms with van der Waals surface area (Å²) < 4.78 is 5.61. The van der Waals surface area contributed by atoms with Gasteiger partial charge >= 0.3 is 0 Å². The first-order chi connectivity index (χ1) is 11.5. The summed E-state index contributed by atoms with van der Waals surface area (Å²) in [6.45, 7) is 6.36. The molecule has 4 nitrogen and oxygen atoms in total. The van der Waals surface area contributed by atoms with Gasteiger partial charge in [0.1, 0.15) is 6.04 Å². The molecule has 2 rings (SSSR count). The summed E-state index contributed by atoms with van der Waals surface area (Å²) in [7, 11) is 0. The highest BCUT2D eigenvalue weighted by atomic mass is 35.5. The summed E-state index contributed by atoms with van der Waals surface area (Å²) in [5.74, 6) is -0.146. The molecule has 0 radical (unpaired) electrons. The molecule has 0 aromatic heterocycles. The van der Waals surface area contributed by atoms with Crippen LogP contribution in [-0.2, 0) is 16.1 Å². The van der Waals surface area contributed by atoms with Crippen molar-refractivity contribution in [3.63, 3.8) is 0 Å². The summed E-state index contributed by atoms with van der Waals surface area (Å²) in [5.41, 5.74) is 2.55. The van der Waals surface area contributed by atoms with Crippen molar-refractivity contribution in [1.82, 2.24) is 0 Å². The lowest BCUT2D eigenvalue weighted by Gasteiger charge is -2.17. The van der Waals surface area contributed by atoms with Crippen molar-refractivity contribution in [3.05, 3.63) is 59.1 Å². The topological polar surface area (TPSA) is 50.4 Å². The number of benzene rings is 2. The second-order valence-electron chi connectivity index (χ2n) is 5.90. The Morgan fingerprint density at radius 1 is 1.12 bits per heavy atom. The predicted octanol–water partition coefficient (Wildman–Crippen LogP) is 4.70. The number of anilines is 2. The van der Waals surface area contributed by atoms with Crippen LogP contribution in [-0.4, -0.2) is 18.1 Å². The molecule has 0 saturated carbocycles. The Labute approximate surface area is 148 Å². The number of carbonyl (C=O) groups excluding carboxylic acids is 1. The van der Waals surface area contributed by atoms with Crippen LogP contribution >= 0.6 is 11.6 Å². The third-order valence-electron chi connectivity index (χ3n) is 3.42. The molecule has 0 bridgehead atoms. The lowest BCUT2D eigenvalue weighted by Crippen LogP contribution is -2.32. The van der Waals surface area contributed by atoms with Gasteiger partial charge in [-0.15, -0.1) is 0 Å². The van der Waals surface area contributed by atoms with Crippen LogP contribution in [0.25, 0.3) is 0 Å². The van der Waals surface area contributed by atoms with Crippen molar-refractivity contribution in [2.45, 2.75) is 39.5 Å². The van der Waals surface area contributed by atoms with Crippen molar-refractivity contribution < 1.29 is 9.53 Å². The van der Waals surface area contributed by atoms with E-state index < -0.39 is 6.04 Å². The minimum atomic E-state index is -0.400. The van der Waals surface area contributed by atoms with Crippen molar-refractivity contribution >= 4 is 28.9 Å². The molecule has 0 aliphatic carbocycles. The maximum atomic E-state index is 12.3. The van der Waals surface area contributed by atoms with E-state index in [0.29, 0.717) is 17.3 Å². The fourth-order valence-corrected chi connectivity index (χ4v) is 2.32. The maximum absolute atomic E-state index is 12.3. The van der Waals surface area contributed by atoms with Gasteiger partial charge in [0.05, 0.1) is 23.4 Å². The SMILES string of the molecule is CC(C)OCc1cccc(N[C@H](C)C(=O)Nc2ccccc2Cl)c1. The van der Waals surface area contributed by atoms with Crippen molar-refractivity contribution in [3.8, 4) is 0 Å². The van der Waals surface area contributed by atoms with Crippen molar-refractivity contribution in [1.29, 1.82) is 0 Å². The van der Waals surface area contributed by atoms with E-state index in [9.17, 15) is 4.79 Å². The summed E-state index contributed by atoms with van der Waals surface area (Å²) >= 11 is 6.07. The van der Waals surface area contributed by atoms with Crippen LogP contribution in [0.3, 0.4) is 0 Å². The Balaban J connectivity index is 1.96. The van der Waals surface area contributed by atoms with Gasteiger partial charge < -0.3 is 15.4 Å². The van der Waals surface area contributed by atoms with Crippen LogP contribution in [0.5, 0.6) is 0 Å². The van der Waals surface area contributed by atoms with E-state index in [1.165, 1.54) is 0 Å². The Kier molecular flexibility index (Phi) is 6.64. The van der Waals surface area contributed by atoms with E-state index >= 15 is 0 Å². The van der Waals surface area contributed by atoms with E-state index in [-0.39, 0.29) is 12.0 Å². The zero-order valence-corrected chi connectivity index (χ0v) is 14.9. The molecule has 0 spiro atoms. The third-order valence-corrected chi connectivity index (χ3v) is 3.75. The highest BCUT2D eigenvalue weighted by molar-refractivity contribution is 6.33. The standard InChI is InChI=1S/C19H23ClN2O2/c1-13(2)24-12-15-7-6-8-16(11-15)21-14(3)19(23)22-18-10-5-4-9-17(18)20/h4-11,13-14,21H,12H2,1-3H3,(H,22,23)/t14-/m1/s1. The minimum Gasteiger partial charge on any atom is -0.374 e. The molecule has 0 aliphatic rings. The summed E-state index contributed by atoms with van der Waals surface area (Å²) in [4.78, 5) is 12.3. The van der Waals surface area contributed by atoms with Crippen LogP contribution in [0.1, 0.15) is 26.3 Å². The van der Waals surface area contributed by atoms with Crippen LogP contribution in [0.15, 0.2) is 48.5 Å². The second-order valence-corrected chi connectivity index (χ2v) is 6.30. The molecule has 24 heavy (non-hydrogen) atoms. The Morgan fingerprint density at radius 2 is 1.88 bits per heavy atom. The van der Waals surface area contributed by atoms with Gasteiger partial charge in [-0.1, -0.05) is 35.9 Å². The average Bonchev–Trinajstić information content (AvgIpc) is 2.55. The van der Waals surface area contributed by atoms with Gasteiger partial charge in [0, 0.05) is 5.69 Å². The molecule has 1 amide bonds. The first-order valence-electron chi connectivity index (χ1n) is 7.98. The zero-order chi connectivity index (χ0) is 17.5. The number of para-hydroxylation sites is 1. The molecular formula is C19H23ClN2O2. The van der Waals surface area contributed by atoms with Gasteiger partial charge in [0.25, 0.3) is 0 Å². The van der Waals surface area contributed by atoms with Crippen LogP contribution in [0, 0.1) is 0 Å². The van der Waals surface area contributed by atoms with Gasteiger partial charge in [0.2, 0.25) is 5.91 Å². The monoisotopic (exact) mass is 346 g/mol. The maximum Gasteiger partial charge on any atom is 0.246 e. The minimum absolute atomic E-state index is 0.146. The Morgan fingerprint density at radius 3 is 2.58 bits per heavy atom. The van der Waals surface area contributed by atoms with E-state index in [0.717, 1.165) is 11.3 Å². The van der Waals surface area contributed by atoms with Gasteiger partial charge in [-0.05, 0) is 50.6 Å². The predicted molar refractivity (Wildman–Crippen MR) is 99.5 cm³/mol. The molecule has 2 N–H and O–H groups in total. The molecule has 0 aliphatic heterocycles. The molecule has 2 aromatic carbocycles. The molecule has 0 heterocycles. The number of hydrogen-bond donors (Lipinski definition) is 2. The smallest absolute Gasteiger partial charge is 0.246 e. The third kappa shape index (κ3) is 5.55. The number of nitrogens with one attached hydrogen (secondary N) is 2. The number of halogens is 1. The molecule has 0 saturated heterocycles. The lowest BCUT2D eigenvalue weighted by molar-refractivity contribution is -0.116. The van der Waals surface area contributed by atoms with Crippen molar-refractivity contribution in [2.24, 2.45) is 0 Å². The molecule has 1 atom stereocenters. The zero-order valence-electron chi connectivity index (χ0n) is 14.2. The highest BCUT2D eigenvalue weighted by Gasteiger charge is 2.14. The van der Waals surface area contributed by atoms with Gasteiger partial charge in [0.15, 0.2) is 0 Å². The molecule has 5 heteroatoms. The molecule has 2 aromatic rings. The first-order valence-corrected chi connectivity index (χ1v) is 8.36. The Bertz CT molecular complexity index is 689. The average molecular weight is 347 g/mol. The normalized spacial score (nSPS) is 12.0. The number of amides is 1. The van der Waals surface area contributed by atoms with Gasteiger partial charge in [-0.3, -0.25) is 4.79 Å². The summed E-state index contributed by atoms with van der Waals surface area (Å²) in [5, 5.41) is 6.54. The van der Waals surface area contributed by atoms with Crippen LogP contribution in [0.4, 0.5) is 11.4 Å². The largest absolute Gasteiger partial charge is 0.374 e. The Hall–Kier alpha value is -2.04. The molecule has 128 valence electrons. The van der Waals surface area contributed by atoms with E-state index in [1.807, 2.05) is 57.2 Å². The number of ether oxygens (including phenoxy) is 1. The van der Waals surface area contributed by atoms with Gasteiger partial charge in [-0.25, -0.2) is 0 Å². The lowest BCUT2D eigenvalue weighted by atomic mass is 10.2. The van der Waals surface area contributed by atoms with Crippen LogP contribution < -0.4 is 10.6 Å². The number of carbonyl (C=O) groups is 1. The quantitative estimate of drug-likeness (QED) is 0.763. The van der Waals surface area contributed by atoms with E-state index in [2.05, 4.69) is 10.6 Å². The fraction of sp³-hybridized carbons (Fsp3) is 0.316. The van der Waals surface area contributed by atoms with Crippen molar-refractivity contribution in [2.75, 3.05) is 10.6 Å². The second kappa shape index (κ2) is 8.71. The highest BCUT2D eigenvalue weighted by Crippen LogP contribution is 2.21. The van der Waals surface area contributed by atoms with E-state index in [4.69, 9.17) is 16.3 Å². The van der Waals surface area contributed by atoms with Crippen LogP contribution in [0.2, 0.25) is 5.02 Å². The molecular weight excluding hydrogens is 324 g/mol. The number of rotatable bonds is 7. The fourth-order valence-electron chi connectivity index (χ4n) is 2.13. The van der Waals surface area contributed by atoms with E-state index in [1.54, 1.807) is 12.1 Å². The molecule has 0 fully saturated rings. The van der Waals surface area contributed by atoms with Gasteiger partial charge in [-0.2, -0.15) is 0 Å². The first kappa shape index (κ1) is 18.3.